The SMILES string of the molecule is NC(c1ccc2cccnc2c1)C1CN2CCN1CC2. The summed E-state index contributed by atoms with van der Waals surface area (Å²) >= 11 is 0. The highest BCUT2D eigenvalue weighted by Crippen LogP contribution is 2.27. The minimum Gasteiger partial charge on any atom is -0.323 e. The third-order valence-electron chi connectivity index (χ3n) is 4.75. The summed E-state index contributed by atoms with van der Waals surface area (Å²) in [6, 6.07) is 11.0. The normalized spacial score (nSPS) is 30.6. The maximum absolute atomic E-state index is 6.55. The van der Waals surface area contributed by atoms with Gasteiger partial charge in [0.1, 0.15) is 0 Å². The van der Waals surface area contributed by atoms with E-state index in [2.05, 4.69) is 39.0 Å². The fourth-order valence-electron chi connectivity index (χ4n) is 3.51. The monoisotopic (exact) mass is 268 g/mol. The third kappa shape index (κ3) is 2.00. The van der Waals surface area contributed by atoms with E-state index >= 15 is 0 Å². The Kier molecular flexibility index (Phi) is 2.95. The zero-order valence-electron chi connectivity index (χ0n) is 11.6. The second-order valence-corrected chi connectivity index (χ2v) is 5.89. The van der Waals surface area contributed by atoms with Gasteiger partial charge in [-0.15, -0.1) is 0 Å². The van der Waals surface area contributed by atoms with Crippen LogP contribution in [0.25, 0.3) is 10.9 Å². The van der Waals surface area contributed by atoms with Crippen molar-refractivity contribution in [1.29, 1.82) is 0 Å². The Morgan fingerprint density at radius 3 is 2.75 bits per heavy atom. The van der Waals surface area contributed by atoms with Crippen LogP contribution >= 0.6 is 0 Å². The summed E-state index contributed by atoms with van der Waals surface area (Å²) < 4.78 is 0. The Labute approximate surface area is 119 Å². The molecule has 1 aromatic carbocycles. The van der Waals surface area contributed by atoms with Crippen molar-refractivity contribution in [3.8, 4) is 0 Å². The van der Waals surface area contributed by atoms with Crippen molar-refractivity contribution in [2.45, 2.75) is 12.1 Å². The molecule has 4 nitrogen and oxygen atoms in total. The van der Waals surface area contributed by atoms with Crippen molar-refractivity contribution >= 4 is 10.9 Å². The molecule has 4 heterocycles. The predicted octanol–water partition coefficient (Wildman–Crippen LogP) is 1.23. The molecular weight excluding hydrogens is 248 g/mol. The molecule has 3 aliphatic rings. The first-order chi connectivity index (χ1) is 9.81. The number of nitrogens with two attached hydrogens (primary N) is 1. The van der Waals surface area contributed by atoms with Crippen LogP contribution < -0.4 is 5.73 Å². The van der Waals surface area contributed by atoms with Crippen LogP contribution in [0.2, 0.25) is 0 Å². The van der Waals surface area contributed by atoms with Crippen LogP contribution in [0.3, 0.4) is 0 Å². The molecule has 2 bridgehead atoms. The molecule has 104 valence electrons. The molecule has 0 spiro atoms. The lowest BCUT2D eigenvalue weighted by molar-refractivity contribution is 0.00216. The molecule has 3 saturated heterocycles. The van der Waals surface area contributed by atoms with E-state index in [1.807, 2.05) is 12.3 Å². The Morgan fingerprint density at radius 2 is 2.00 bits per heavy atom. The van der Waals surface area contributed by atoms with Gasteiger partial charge in [-0.2, -0.15) is 0 Å². The Hall–Kier alpha value is -1.49. The van der Waals surface area contributed by atoms with Crippen molar-refractivity contribution in [2.24, 2.45) is 5.73 Å². The third-order valence-corrected chi connectivity index (χ3v) is 4.75. The maximum atomic E-state index is 6.55. The molecule has 3 fully saturated rings. The van der Waals surface area contributed by atoms with Crippen molar-refractivity contribution in [3.05, 3.63) is 42.1 Å². The van der Waals surface area contributed by atoms with E-state index < -0.39 is 0 Å². The molecule has 3 aliphatic heterocycles. The number of aromatic nitrogens is 1. The number of nitrogens with zero attached hydrogens (tertiary/aromatic N) is 3. The molecular formula is C16H20N4. The zero-order chi connectivity index (χ0) is 13.5. The standard InChI is InChI=1S/C16H20N4/c17-16(15-11-19-6-8-20(15)9-7-19)13-4-3-12-2-1-5-18-14(12)10-13/h1-5,10,15-16H,6-9,11,17H2. The molecule has 20 heavy (non-hydrogen) atoms. The topological polar surface area (TPSA) is 45.4 Å². The van der Waals surface area contributed by atoms with Gasteiger partial charge in [-0.1, -0.05) is 18.2 Å². The molecule has 2 atom stereocenters. The first-order valence-electron chi connectivity index (χ1n) is 7.38. The molecule has 5 rings (SSSR count). The first-order valence-corrected chi connectivity index (χ1v) is 7.38. The van der Waals surface area contributed by atoms with E-state index in [0.29, 0.717) is 6.04 Å². The maximum Gasteiger partial charge on any atom is 0.0705 e. The summed E-state index contributed by atoms with van der Waals surface area (Å²) in [6.07, 6.45) is 1.84. The van der Waals surface area contributed by atoms with Crippen LogP contribution in [0.15, 0.2) is 36.5 Å². The number of hydrogen-bond acceptors (Lipinski definition) is 4. The average molecular weight is 268 g/mol. The Balaban J connectivity index is 1.64. The van der Waals surface area contributed by atoms with Crippen LogP contribution in [-0.2, 0) is 0 Å². The quantitative estimate of drug-likeness (QED) is 0.890. The number of benzene rings is 1. The van der Waals surface area contributed by atoms with Crippen molar-refractivity contribution < 1.29 is 0 Å². The summed E-state index contributed by atoms with van der Waals surface area (Å²) in [5.41, 5.74) is 8.79. The van der Waals surface area contributed by atoms with Gasteiger partial charge in [0.25, 0.3) is 0 Å². The molecule has 2 unspecified atom stereocenters. The van der Waals surface area contributed by atoms with E-state index in [9.17, 15) is 0 Å². The molecule has 4 heteroatoms. The molecule has 2 N–H and O–H groups in total. The van der Waals surface area contributed by atoms with Crippen LogP contribution in [0.1, 0.15) is 11.6 Å². The number of pyridine rings is 1. The summed E-state index contributed by atoms with van der Waals surface area (Å²) in [5.74, 6) is 0. The van der Waals surface area contributed by atoms with Crippen molar-refractivity contribution in [3.63, 3.8) is 0 Å². The number of fused-ring (bicyclic) bond motifs is 4. The van der Waals surface area contributed by atoms with Gasteiger partial charge in [-0.05, 0) is 17.7 Å². The minimum atomic E-state index is 0.0736. The highest BCUT2D eigenvalue weighted by molar-refractivity contribution is 5.79. The first kappa shape index (κ1) is 12.3. The van der Waals surface area contributed by atoms with Gasteiger partial charge in [0.05, 0.1) is 5.52 Å². The molecule has 0 saturated carbocycles. The molecule has 0 amide bonds. The van der Waals surface area contributed by atoms with E-state index in [-0.39, 0.29) is 6.04 Å². The van der Waals surface area contributed by atoms with Crippen LogP contribution in [0, 0.1) is 0 Å². The fraction of sp³-hybridized carbons (Fsp3) is 0.438. The van der Waals surface area contributed by atoms with Gasteiger partial charge >= 0.3 is 0 Å². The lowest BCUT2D eigenvalue weighted by Crippen LogP contribution is -2.63. The van der Waals surface area contributed by atoms with E-state index in [0.717, 1.165) is 25.2 Å². The van der Waals surface area contributed by atoms with Gasteiger partial charge in [0, 0.05) is 56.4 Å². The lowest BCUT2D eigenvalue weighted by Gasteiger charge is -2.49. The van der Waals surface area contributed by atoms with Crippen LogP contribution in [-0.4, -0.2) is 53.5 Å². The van der Waals surface area contributed by atoms with E-state index in [4.69, 9.17) is 5.73 Å². The summed E-state index contributed by atoms with van der Waals surface area (Å²) in [5, 5.41) is 1.18. The number of piperazine rings is 3. The zero-order valence-corrected chi connectivity index (χ0v) is 11.6. The lowest BCUT2D eigenvalue weighted by atomic mass is 9.94. The number of hydrogen-bond donors (Lipinski definition) is 1. The highest BCUT2D eigenvalue weighted by Gasteiger charge is 2.35. The van der Waals surface area contributed by atoms with Gasteiger partial charge in [0.2, 0.25) is 0 Å². The van der Waals surface area contributed by atoms with Gasteiger partial charge in [-0.3, -0.25) is 14.8 Å². The minimum absolute atomic E-state index is 0.0736. The second kappa shape index (κ2) is 4.81. The molecule has 0 aliphatic carbocycles. The number of rotatable bonds is 2. The molecule has 0 radical (unpaired) electrons. The van der Waals surface area contributed by atoms with Crippen molar-refractivity contribution in [1.82, 2.24) is 14.8 Å². The van der Waals surface area contributed by atoms with Crippen LogP contribution in [0.5, 0.6) is 0 Å². The second-order valence-electron chi connectivity index (χ2n) is 5.89. The van der Waals surface area contributed by atoms with E-state index in [1.165, 1.54) is 24.0 Å². The summed E-state index contributed by atoms with van der Waals surface area (Å²) in [4.78, 5) is 9.52. The van der Waals surface area contributed by atoms with Gasteiger partial charge in [-0.25, -0.2) is 0 Å². The van der Waals surface area contributed by atoms with Gasteiger partial charge in [0.15, 0.2) is 0 Å². The Bertz CT molecular complexity index is 619. The van der Waals surface area contributed by atoms with Gasteiger partial charge < -0.3 is 5.73 Å². The smallest absolute Gasteiger partial charge is 0.0705 e. The van der Waals surface area contributed by atoms with Crippen molar-refractivity contribution in [2.75, 3.05) is 32.7 Å². The summed E-state index contributed by atoms with van der Waals surface area (Å²) in [6.45, 7) is 5.81. The van der Waals surface area contributed by atoms with E-state index in [1.54, 1.807) is 0 Å². The largest absolute Gasteiger partial charge is 0.323 e. The predicted molar refractivity (Wildman–Crippen MR) is 80.5 cm³/mol. The fourth-order valence-corrected chi connectivity index (χ4v) is 3.51. The molecule has 1 aromatic heterocycles. The van der Waals surface area contributed by atoms with Crippen LogP contribution in [0.4, 0.5) is 0 Å². The average Bonchev–Trinajstić information content (AvgIpc) is 2.54. The summed E-state index contributed by atoms with van der Waals surface area (Å²) in [7, 11) is 0. The molecule has 2 aromatic rings. The highest BCUT2D eigenvalue weighted by atomic mass is 15.3. The Morgan fingerprint density at radius 1 is 1.15 bits per heavy atom.